The van der Waals surface area contributed by atoms with Gasteiger partial charge in [0.15, 0.2) is 5.16 Å². The SMILES string of the molecule is CC1C=CC(c2ccnc(SCCC=C(F)F)n2)=C1. The van der Waals surface area contributed by atoms with Gasteiger partial charge in [-0.3, -0.25) is 0 Å². The van der Waals surface area contributed by atoms with Crippen molar-refractivity contribution in [2.24, 2.45) is 5.92 Å². The molecule has 1 atom stereocenters. The predicted molar refractivity (Wildman–Crippen MR) is 74.0 cm³/mol. The van der Waals surface area contributed by atoms with Crippen molar-refractivity contribution in [2.45, 2.75) is 18.5 Å². The maximum absolute atomic E-state index is 11.9. The largest absolute Gasteiger partial charge is 0.266 e. The molecule has 0 amide bonds. The van der Waals surface area contributed by atoms with Gasteiger partial charge in [0.25, 0.3) is 6.08 Å². The molecule has 100 valence electrons. The normalized spacial score (nSPS) is 17.4. The van der Waals surface area contributed by atoms with Gasteiger partial charge in [0.1, 0.15) is 0 Å². The molecular weight excluding hydrogens is 266 g/mol. The fraction of sp³-hybridized carbons (Fsp3) is 0.286. The lowest BCUT2D eigenvalue weighted by atomic mass is 10.2. The Morgan fingerprint density at radius 1 is 1.47 bits per heavy atom. The molecule has 0 aromatic carbocycles. The van der Waals surface area contributed by atoms with Crippen molar-refractivity contribution in [3.8, 4) is 0 Å². The average molecular weight is 280 g/mol. The second-order valence-electron chi connectivity index (χ2n) is 4.20. The van der Waals surface area contributed by atoms with E-state index in [9.17, 15) is 8.78 Å². The molecule has 1 aromatic rings. The summed E-state index contributed by atoms with van der Waals surface area (Å²) in [5.74, 6) is 0.977. The summed E-state index contributed by atoms with van der Waals surface area (Å²) in [5, 5.41) is 0.624. The number of rotatable bonds is 5. The standard InChI is InChI=1S/C14H14F2N2S/c1-10-4-5-11(9-10)12-6-7-17-14(18-12)19-8-2-3-13(15)16/h3-7,9-10H,2,8H2,1H3. The van der Waals surface area contributed by atoms with Gasteiger partial charge in [0.2, 0.25) is 0 Å². The first-order valence-electron chi connectivity index (χ1n) is 6.02. The van der Waals surface area contributed by atoms with Gasteiger partial charge >= 0.3 is 0 Å². The van der Waals surface area contributed by atoms with Crippen LogP contribution in [0.4, 0.5) is 8.78 Å². The fourth-order valence-corrected chi connectivity index (χ4v) is 2.43. The third-order valence-corrected chi connectivity index (χ3v) is 3.49. The minimum atomic E-state index is -1.63. The Hall–Kier alpha value is -1.49. The van der Waals surface area contributed by atoms with Crippen molar-refractivity contribution in [1.82, 2.24) is 9.97 Å². The van der Waals surface area contributed by atoms with E-state index in [0.717, 1.165) is 17.3 Å². The average Bonchev–Trinajstić information content (AvgIpc) is 2.82. The van der Waals surface area contributed by atoms with Gasteiger partial charge in [-0.15, -0.1) is 0 Å². The van der Waals surface area contributed by atoms with Crippen molar-refractivity contribution in [3.05, 3.63) is 48.3 Å². The topological polar surface area (TPSA) is 25.8 Å². The molecule has 0 saturated heterocycles. The molecule has 1 heterocycles. The van der Waals surface area contributed by atoms with E-state index in [1.807, 2.05) is 12.1 Å². The number of aromatic nitrogens is 2. The summed E-state index contributed by atoms with van der Waals surface area (Å²) in [6.07, 6.45) is 7.60. The van der Waals surface area contributed by atoms with Crippen LogP contribution in [0.2, 0.25) is 0 Å². The van der Waals surface area contributed by atoms with E-state index < -0.39 is 6.08 Å². The molecule has 1 aromatic heterocycles. The Kier molecular flexibility index (Phi) is 4.85. The molecule has 2 nitrogen and oxygen atoms in total. The van der Waals surface area contributed by atoms with Gasteiger partial charge in [0.05, 0.1) is 5.69 Å². The molecule has 0 saturated carbocycles. The quantitative estimate of drug-likeness (QED) is 0.456. The number of halogens is 2. The number of hydrogen-bond donors (Lipinski definition) is 0. The molecule has 1 aliphatic rings. The molecule has 0 N–H and O–H groups in total. The van der Waals surface area contributed by atoms with Crippen molar-refractivity contribution in [2.75, 3.05) is 5.75 Å². The third-order valence-electron chi connectivity index (χ3n) is 2.60. The summed E-state index contributed by atoms with van der Waals surface area (Å²) in [7, 11) is 0. The lowest BCUT2D eigenvalue weighted by molar-refractivity contribution is 0.418. The zero-order valence-corrected chi connectivity index (χ0v) is 11.3. The highest BCUT2D eigenvalue weighted by atomic mass is 32.2. The summed E-state index contributed by atoms with van der Waals surface area (Å²) >= 11 is 1.38. The number of hydrogen-bond acceptors (Lipinski definition) is 3. The molecule has 0 radical (unpaired) electrons. The van der Waals surface area contributed by atoms with Crippen molar-refractivity contribution in [1.29, 1.82) is 0 Å². The fourth-order valence-electron chi connectivity index (χ4n) is 1.71. The van der Waals surface area contributed by atoms with Crippen molar-refractivity contribution in [3.63, 3.8) is 0 Å². The summed E-state index contributed by atoms with van der Waals surface area (Å²) in [6.45, 7) is 2.11. The first-order valence-corrected chi connectivity index (χ1v) is 7.01. The molecule has 0 spiro atoms. The van der Waals surface area contributed by atoms with Gasteiger partial charge in [-0.1, -0.05) is 36.9 Å². The molecule has 2 rings (SSSR count). The molecule has 5 heteroatoms. The Morgan fingerprint density at radius 3 is 3.00 bits per heavy atom. The lowest BCUT2D eigenvalue weighted by Crippen LogP contribution is -1.92. The van der Waals surface area contributed by atoms with E-state index in [2.05, 4.69) is 29.0 Å². The van der Waals surface area contributed by atoms with Gasteiger partial charge in [-0.05, 0) is 30.1 Å². The second kappa shape index (κ2) is 6.61. The second-order valence-corrected chi connectivity index (χ2v) is 5.26. The van der Waals surface area contributed by atoms with Crippen LogP contribution >= 0.6 is 11.8 Å². The number of allylic oxidation sites excluding steroid dienone is 5. The van der Waals surface area contributed by atoms with Gasteiger partial charge in [-0.2, -0.15) is 8.78 Å². The molecule has 0 bridgehead atoms. The van der Waals surface area contributed by atoms with E-state index in [-0.39, 0.29) is 0 Å². The molecule has 0 fully saturated rings. The van der Waals surface area contributed by atoms with E-state index in [0.29, 0.717) is 23.2 Å². The van der Waals surface area contributed by atoms with Crippen LogP contribution in [0, 0.1) is 5.92 Å². The first kappa shape index (κ1) is 13.9. The van der Waals surface area contributed by atoms with Crippen LogP contribution in [0.3, 0.4) is 0 Å². The van der Waals surface area contributed by atoms with Crippen molar-refractivity contribution >= 4 is 17.3 Å². The van der Waals surface area contributed by atoms with Crippen LogP contribution in [0.15, 0.2) is 47.8 Å². The van der Waals surface area contributed by atoms with Gasteiger partial charge in [0, 0.05) is 11.9 Å². The zero-order valence-electron chi connectivity index (χ0n) is 10.5. The summed E-state index contributed by atoms with van der Waals surface area (Å²) in [4.78, 5) is 8.57. The van der Waals surface area contributed by atoms with Crippen LogP contribution < -0.4 is 0 Å². The van der Waals surface area contributed by atoms with Crippen LogP contribution in [-0.4, -0.2) is 15.7 Å². The highest BCUT2D eigenvalue weighted by Gasteiger charge is 2.09. The smallest absolute Gasteiger partial charge is 0.231 e. The van der Waals surface area contributed by atoms with Gasteiger partial charge < -0.3 is 0 Å². The minimum absolute atomic E-state index is 0.320. The Balaban J connectivity index is 1.98. The van der Waals surface area contributed by atoms with Crippen LogP contribution in [0.5, 0.6) is 0 Å². The summed E-state index contributed by atoms with van der Waals surface area (Å²) in [5.41, 5.74) is 1.97. The monoisotopic (exact) mass is 280 g/mol. The molecule has 19 heavy (non-hydrogen) atoms. The molecule has 1 aliphatic carbocycles. The van der Waals surface area contributed by atoms with Gasteiger partial charge in [-0.25, -0.2) is 9.97 Å². The maximum atomic E-state index is 11.9. The van der Waals surface area contributed by atoms with E-state index in [1.165, 1.54) is 11.8 Å². The summed E-state index contributed by atoms with van der Waals surface area (Å²) in [6, 6.07) is 1.86. The van der Waals surface area contributed by atoms with E-state index in [4.69, 9.17) is 0 Å². The van der Waals surface area contributed by atoms with Crippen LogP contribution in [0.1, 0.15) is 19.0 Å². The zero-order chi connectivity index (χ0) is 13.7. The Labute approximate surface area is 115 Å². The van der Waals surface area contributed by atoms with E-state index in [1.54, 1.807) is 6.20 Å². The minimum Gasteiger partial charge on any atom is -0.231 e. The Bertz CT molecular complexity index is 534. The van der Waals surface area contributed by atoms with E-state index >= 15 is 0 Å². The first-order chi connectivity index (χ1) is 9.15. The molecule has 0 aliphatic heterocycles. The highest BCUT2D eigenvalue weighted by molar-refractivity contribution is 7.99. The predicted octanol–water partition coefficient (Wildman–Crippen LogP) is 4.33. The van der Waals surface area contributed by atoms with Crippen LogP contribution in [0.25, 0.3) is 5.57 Å². The third kappa shape index (κ3) is 4.28. The summed E-state index contributed by atoms with van der Waals surface area (Å²) < 4.78 is 23.7. The lowest BCUT2D eigenvalue weighted by Gasteiger charge is -2.02. The highest BCUT2D eigenvalue weighted by Crippen LogP contribution is 2.24. The maximum Gasteiger partial charge on any atom is 0.266 e. The van der Waals surface area contributed by atoms with Crippen molar-refractivity contribution < 1.29 is 8.78 Å². The van der Waals surface area contributed by atoms with Crippen LogP contribution in [-0.2, 0) is 0 Å². The Morgan fingerprint density at radius 2 is 2.32 bits per heavy atom. The number of thioether (sulfide) groups is 1. The molecular formula is C14H14F2N2S. The number of nitrogens with zero attached hydrogens (tertiary/aromatic N) is 2. The molecule has 1 unspecified atom stereocenters.